The van der Waals surface area contributed by atoms with Gasteiger partial charge in [0.2, 0.25) is 0 Å². The Morgan fingerprint density at radius 2 is 1.94 bits per heavy atom. The van der Waals surface area contributed by atoms with Gasteiger partial charge in [-0.15, -0.1) is 0 Å². The van der Waals surface area contributed by atoms with E-state index < -0.39 is 18.4 Å². The van der Waals surface area contributed by atoms with Crippen LogP contribution in [0.15, 0.2) is 12.1 Å². The second kappa shape index (κ2) is 3.70. The number of hydrogen-bond acceptors (Lipinski definition) is 2. The highest BCUT2D eigenvalue weighted by molar-refractivity contribution is 6.52. The number of carbonyl (C=O) groups excluding carboxylic acids is 2. The molecule has 1 aliphatic rings. The summed E-state index contributed by atoms with van der Waals surface area (Å²) in [5.41, 5.74) is 2.82. The van der Waals surface area contributed by atoms with E-state index in [1.165, 1.54) is 4.90 Å². The third-order valence-electron chi connectivity index (χ3n) is 2.96. The van der Waals surface area contributed by atoms with Gasteiger partial charge in [-0.05, 0) is 31.0 Å². The highest BCUT2D eigenvalue weighted by atomic mass is 19.1. The van der Waals surface area contributed by atoms with Crippen molar-refractivity contribution < 1.29 is 14.0 Å². The maximum Gasteiger partial charge on any atom is 0.299 e. The first-order chi connectivity index (χ1) is 7.57. The lowest BCUT2D eigenvalue weighted by Crippen LogP contribution is -2.31. The lowest BCUT2D eigenvalue weighted by Gasteiger charge is -2.17. The number of ketones is 1. The van der Waals surface area contributed by atoms with Crippen LogP contribution >= 0.6 is 0 Å². The van der Waals surface area contributed by atoms with Gasteiger partial charge >= 0.3 is 0 Å². The molecule has 0 N–H and O–H groups in total. The minimum Gasteiger partial charge on any atom is -0.302 e. The van der Waals surface area contributed by atoms with Crippen molar-refractivity contribution in [2.24, 2.45) is 0 Å². The van der Waals surface area contributed by atoms with E-state index in [0.29, 0.717) is 11.3 Å². The molecule has 1 amide bonds. The number of fused-ring (bicyclic) bond motifs is 1. The molecule has 1 aromatic rings. The van der Waals surface area contributed by atoms with Gasteiger partial charge in [0.05, 0.1) is 17.8 Å². The summed E-state index contributed by atoms with van der Waals surface area (Å²) in [6, 6.07) is 3.44. The van der Waals surface area contributed by atoms with Gasteiger partial charge in [-0.2, -0.15) is 0 Å². The van der Waals surface area contributed by atoms with Gasteiger partial charge in [0.25, 0.3) is 11.7 Å². The first-order valence-electron chi connectivity index (χ1n) is 5.10. The standard InChI is InChI=1S/C12H12FNO2/c1-7-3-4-9-10(8(7)2)14(6-5-13)12(16)11(9)15/h3-4H,5-6H2,1-2H3. The van der Waals surface area contributed by atoms with Crippen molar-refractivity contribution >= 4 is 17.4 Å². The molecule has 0 bridgehead atoms. The van der Waals surface area contributed by atoms with Crippen LogP contribution in [0, 0.1) is 13.8 Å². The number of benzene rings is 1. The van der Waals surface area contributed by atoms with E-state index in [2.05, 4.69) is 0 Å². The number of Topliss-reactive ketones (excluding diaryl/α,β-unsaturated/α-hetero) is 1. The highest BCUT2D eigenvalue weighted by Gasteiger charge is 2.36. The molecule has 1 aliphatic heterocycles. The van der Waals surface area contributed by atoms with Crippen molar-refractivity contribution in [2.45, 2.75) is 13.8 Å². The summed E-state index contributed by atoms with van der Waals surface area (Å²) in [4.78, 5) is 24.5. The number of carbonyl (C=O) groups is 2. The summed E-state index contributed by atoms with van der Waals surface area (Å²) in [6.45, 7) is 3.04. The molecule has 0 aliphatic carbocycles. The average Bonchev–Trinajstić information content (AvgIpc) is 2.50. The normalized spacial score (nSPS) is 14.6. The molecule has 0 atom stereocenters. The maximum absolute atomic E-state index is 12.4. The fraction of sp³-hybridized carbons (Fsp3) is 0.333. The zero-order valence-electron chi connectivity index (χ0n) is 9.21. The van der Waals surface area contributed by atoms with Crippen LogP contribution in [-0.4, -0.2) is 24.9 Å². The smallest absolute Gasteiger partial charge is 0.299 e. The molecule has 16 heavy (non-hydrogen) atoms. The van der Waals surface area contributed by atoms with Crippen molar-refractivity contribution in [3.63, 3.8) is 0 Å². The number of rotatable bonds is 2. The third-order valence-corrected chi connectivity index (χ3v) is 2.96. The van der Waals surface area contributed by atoms with Gasteiger partial charge in [-0.1, -0.05) is 6.07 Å². The second-order valence-corrected chi connectivity index (χ2v) is 3.88. The molecule has 3 nitrogen and oxygen atoms in total. The van der Waals surface area contributed by atoms with Gasteiger partial charge < -0.3 is 4.90 Å². The molecule has 0 spiro atoms. The molecular weight excluding hydrogens is 209 g/mol. The quantitative estimate of drug-likeness (QED) is 0.714. The van der Waals surface area contributed by atoms with E-state index in [9.17, 15) is 14.0 Å². The molecule has 0 unspecified atom stereocenters. The van der Waals surface area contributed by atoms with Gasteiger partial charge in [-0.25, -0.2) is 4.39 Å². The van der Waals surface area contributed by atoms with Gasteiger partial charge in [0, 0.05) is 0 Å². The van der Waals surface area contributed by atoms with E-state index >= 15 is 0 Å². The Bertz CT molecular complexity index is 482. The Hall–Kier alpha value is -1.71. The van der Waals surface area contributed by atoms with Crippen LogP contribution in [-0.2, 0) is 4.79 Å². The van der Waals surface area contributed by atoms with Crippen LogP contribution in [0.4, 0.5) is 10.1 Å². The molecule has 4 heteroatoms. The largest absolute Gasteiger partial charge is 0.302 e. The monoisotopic (exact) mass is 221 g/mol. The molecule has 2 rings (SSSR count). The van der Waals surface area contributed by atoms with Crippen molar-refractivity contribution in [2.75, 3.05) is 18.1 Å². The number of hydrogen-bond donors (Lipinski definition) is 0. The molecule has 1 heterocycles. The van der Waals surface area contributed by atoms with Gasteiger partial charge in [-0.3, -0.25) is 9.59 Å². The molecule has 0 fully saturated rings. The van der Waals surface area contributed by atoms with Crippen LogP contribution in [0.25, 0.3) is 0 Å². The average molecular weight is 221 g/mol. The molecule has 0 aromatic heterocycles. The van der Waals surface area contributed by atoms with Crippen LogP contribution in [0.2, 0.25) is 0 Å². The lowest BCUT2D eigenvalue weighted by molar-refractivity contribution is -0.114. The molecule has 0 saturated carbocycles. The van der Waals surface area contributed by atoms with Gasteiger partial charge in [0.1, 0.15) is 6.67 Å². The number of amides is 1. The first kappa shape index (κ1) is 10.8. The topological polar surface area (TPSA) is 37.4 Å². The number of alkyl halides is 1. The summed E-state index contributed by atoms with van der Waals surface area (Å²) in [7, 11) is 0. The number of halogens is 1. The van der Waals surface area contributed by atoms with Crippen molar-refractivity contribution in [3.05, 3.63) is 28.8 Å². The molecule has 1 aromatic carbocycles. The van der Waals surface area contributed by atoms with E-state index in [1.54, 1.807) is 12.1 Å². The summed E-state index contributed by atoms with van der Waals surface area (Å²) in [6.07, 6.45) is 0. The van der Waals surface area contributed by atoms with Crippen molar-refractivity contribution in [1.82, 2.24) is 0 Å². The first-order valence-corrected chi connectivity index (χ1v) is 5.10. The van der Waals surface area contributed by atoms with E-state index in [4.69, 9.17) is 0 Å². The Balaban J connectivity index is 2.62. The van der Waals surface area contributed by atoms with Crippen LogP contribution in [0.5, 0.6) is 0 Å². The number of aryl methyl sites for hydroxylation is 1. The maximum atomic E-state index is 12.4. The zero-order valence-corrected chi connectivity index (χ0v) is 9.21. The second-order valence-electron chi connectivity index (χ2n) is 3.88. The zero-order chi connectivity index (χ0) is 11.9. The van der Waals surface area contributed by atoms with Crippen LogP contribution in [0.3, 0.4) is 0 Å². The minimum atomic E-state index is -0.647. The van der Waals surface area contributed by atoms with Crippen molar-refractivity contribution in [3.8, 4) is 0 Å². The van der Waals surface area contributed by atoms with Gasteiger partial charge in [0.15, 0.2) is 0 Å². The van der Waals surface area contributed by atoms with E-state index in [1.807, 2.05) is 13.8 Å². The Labute approximate surface area is 92.9 Å². The summed E-state index contributed by atoms with van der Waals surface area (Å²) in [5, 5.41) is 0. The third kappa shape index (κ3) is 1.33. The number of nitrogens with zero attached hydrogens (tertiary/aromatic N) is 1. The lowest BCUT2D eigenvalue weighted by atomic mass is 10.0. The van der Waals surface area contributed by atoms with E-state index in [0.717, 1.165) is 11.1 Å². The fourth-order valence-corrected chi connectivity index (χ4v) is 1.97. The Kier molecular flexibility index (Phi) is 2.50. The number of anilines is 1. The van der Waals surface area contributed by atoms with Crippen LogP contribution < -0.4 is 4.90 Å². The molecule has 0 saturated heterocycles. The SMILES string of the molecule is Cc1ccc2c(c1C)N(CCF)C(=O)C2=O. The summed E-state index contributed by atoms with van der Waals surface area (Å²) in [5.74, 6) is -1.16. The minimum absolute atomic E-state index is 0.0537. The van der Waals surface area contributed by atoms with E-state index in [-0.39, 0.29) is 6.54 Å². The van der Waals surface area contributed by atoms with Crippen LogP contribution in [0.1, 0.15) is 21.5 Å². The van der Waals surface area contributed by atoms with Crippen molar-refractivity contribution in [1.29, 1.82) is 0 Å². The summed E-state index contributed by atoms with van der Waals surface area (Å²) >= 11 is 0. The fourth-order valence-electron chi connectivity index (χ4n) is 1.97. The summed E-state index contributed by atoms with van der Waals surface area (Å²) < 4.78 is 12.4. The predicted molar refractivity (Wildman–Crippen MR) is 58.6 cm³/mol. The Morgan fingerprint density at radius 3 is 2.56 bits per heavy atom. The molecule has 0 radical (unpaired) electrons. The Morgan fingerprint density at radius 1 is 1.25 bits per heavy atom. The highest BCUT2D eigenvalue weighted by Crippen LogP contribution is 2.33. The predicted octanol–water partition coefficient (Wildman–Crippen LogP) is 1.80. The molecule has 84 valence electrons. The molecular formula is C12H12FNO2.